The normalized spacial score (nSPS) is 43.6. The van der Waals surface area contributed by atoms with Crippen LogP contribution in [0.25, 0.3) is 0 Å². The molecule has 0 bridgehead atoms. The largest absolute Gasteiger partial charge is 0.394 e. The minimum atomic E-state index is -1.80. The Morgan fingerprint density at radius 2 is 1.86 bits per heavy atom. The maximum atomic E-state index is 10.4. The lowest BCUT2D eigenvalue weighted by molar-refractivity contribution is -0.564. The third-order valence-corrected chi connectivity index (χ3v) is 2.11. The van der Waals surface area contributed by atoms with Crippen LogP contribution in [0.3, 0.4) is 0 Å². The van der Waals surface area contributed by atoms with Crippen LogP contribution in [0.15, 0.2) is 0 Å². The molecule has 0 aromatic rings. The second kappa shape index (κ2) is 4.15. The maximum Gasteiger partial charge on any atom is 0.271 e. The number of aliphatic hydroxyl groups is 4. The molecule has 0 spiro atoms. The average molecular weight is 209 g/mol. The maximum absolute atomic E-state index is 10.4. The molecule has 14 heavy (non-hydrogen) atoms. The third-order valence-electron chi connectivity index (χ3n) is 2.11. The van der Waals surface area contributed by atoms with Crippen LogP contribution in [0.2, 0.25) is 0 Å². The van der Waals surface area contributed by atoms with Crippen LogP contribution in [0.1, 0.15) is 0 Å². The van der Waals surface area contributed by atoms with Crippen LogP contribution in [-0.2, 0) is 4.74 Å². The monoisotopic (exact) mass is 209 g/mol. The lowest BCUT2D eigenvalue weighted by Gasteiger charge is -2.35. The second-order valence-electron chi connectivity index (χ2n) is 3.00. The summed E-state index contributed by atoms with van der Waals surface area (Å²) in [6.45, 7) is -0.671. The van der Waals surface area contributed by atoms with Crippen LogP contribution in [-0.4, -0.2) is 62.6 Å². The van der Waals surface area contributed by atoms with E-state index in [-0.39, 0.29) is 0 Å². The number of rotatable bonds is 2. The second-order valence-corrected chi connectivity index (χ2v) is 3.00. The van der Waals surface area contributed by atoms with E-state index in [9.17, 15) is 15.2 Å². The van der Waals surface area contributed by atoms with E-state index in [1.807, 2.05) is 0 Å². The van der Waals surface area contributed by atoms with Gasteiger partial charge in [0.1, 0.15) is 6.10 Å². The van der Waals surface area contributed by atoms with Gasteiger partial charge in [-0.05, 0) is 0 Å². The predicted molar refractivity (Wildman–Crippen MR) is 40.8 cm³/mol. The lowest BCUT2D eigenvalue weighted by Crippen LogP contribution is -2.61. The van der Waals surface area contributed by atoms with Gasteiger partial charge in [0.2, 0.25) is 0 Å². The Morgan fingerprint density at radius 1 is 1.29 bits per heavy atom. The zero-order valence-electron chi connectivity index (χ0n) is 7.05. The van der Waals surface area contributed by atoms with Gasteiger partial charge in [-0.1, -0.05) is 0 Å². The van der Waals surface area contributed by atoms with Crippen molar-refractivity contribution in [2.45, 2.75) is 30.6 Å². The Kier molecular flexibility index (Phi) is 3.34. The van der Waals surface area contributed by atoms with Gasteiger partial charge in [-0.3, -0.25) is 10.1 Å². The van der Waals surface area contributed by atoms with Gasteiger partial charge in [-0.25, -0.2) is 0 Å². The van der Waals surface area contributed by atoms with Gasteiger partial charge in [0.25, 0.3) is 6.04 Å². The molecule has 4 N–H and O–H groups in total. The zero-order valence-corrected chi connectivity index (χ0v) is 7.05. The number of hydrogen-bond acceptors (Lipinski definition) is 7. The summed E-state index contributed by atoms with van der Waals surface area (Å²) in [5.41, 5.74) is 0. The number of nitrogens with zero attached hydrogens (tertiary/aromatic N) is 1. The molecule has 82 valence electrons. The minimum absolute atomic E-state index is 0.671. The van der Waals surface area contributed by atoms with Crippen molar-refractivity contribution in [3.63, 3.8) is 0 Å². The van der Waals surface area contributed by atoms with Crippen LogP contribution in [0.5, 0.6) is 0 Å². The van der Waals surface area contributed by atoms with Crippen molar-refractivity contribution in [3.8, 4) is 0 Å². The molecule has 1 saturated heterocycles. The molecule has 0 saturated carbocycles. The standard InChI is InChI=1S/C6H11NO7/c8-1-2-4(9)3(7(12)13)5(10)6(11)14-2/h2-6,8-11H,1H2/t2-,3?,4?,5?,6+/m1/s1. The molecular weight excluding hydrogens is 198 g/mol. The molecule has 5 atom stereocenters. The zero-order chi connectivity index (χ0) is 10.9. The van der Waals surface area contributed by atoms with Crippen molar-refractivity contribution in [2.24, 2.45) is 0 Å². The SMILES string of the molecule is O=[N+]([O-])C1C(O)[C@@H](O)O[C@H](CO)C1O. The highest BCUT2D eigenvalue weighted by atomic mass is 16.7. The van der Waals surface area contributed by atoms with Gasteiger partial charge in [-0.2, -0.15) is 0 Å². The fourth-order valence-electron chi connectivity index (χ4n) is 1.33. The Labute approximate surface area is 78.5 Å². The fraction of sp³-hybridized carbons (Fsp3) is 1.00. The molecule has 8 heteroatoms. The molecule has 0 radical (unpaired) electrons. The summed E-state index contributed by atoms with van der Waals surface area (Å²) in [6, 6.07) is -1.75. The van der Waals surface area contributed by atoms with E-state index in [4.69, 9.17) is 15.3 Å². The third kappa shape index (κ3) is 1.83. The Balaban J connectivity index is 2.83. The minimum Gasteiger partial charge on any atom is -0.394 e. The first-order chi connectivity index (χ1) is 6.49. The molecule has 1 rings (SSSR count). The van der Waals surface area contributed by atoms with E-state index in [1.54, 1.807) is 0 Å². The van der Waals surface area contributed by atoms with Gasteiger partial charge in [0, 0.05) is 4.92 Å². The highest BCUT2D eigenvalue weighted by molar-refractivity contribution is 4.88. The van der Waals surface area contributed by atoms with E-state index >= 15 is 0 Å². The predicted octanol–water partition coefficient (Wildman–Crippen LogP) is -2.94. The summed E-state index contributed by atoms with van der Waals surface area (Å²) in [4.78, 5) is 9.51. The van der Waals surface area contributed by atoms with E-state index in [1.165, 1.54) is 0 Å². The number of aliphatic hydroxyl groups excluding tert-OH is 4. The van der Waals surface area contributed by atoms with Crippen LogP contribution in [0.4, 0.5) is 0 Å². The first-order valence-corrected chi connectivity index (χ1v) is 3.93. The van der Waals surface area contributed by atoms with E-state index in [0.29, 0.717) is 0 Å². The van der Waals surface area contributed by atoms with Crippen molar-refractivity contribution in [1.82, 2.24) is 0 Å². The Bertz CT molecular complexity index is 222. The average Bonchev–Trinajstić information content (AvgIpc) is 2.11. The molecule has 0 amide bonds. The molecule has 0 aliphatic carbocycles. The Hall–Kier alpha value is -0.800. The number of hydrogen-bond donors (Lipinski definition) is 4. The van der Waals surface area contributed by atoms with E-state index in [0.717, 1.165) is 0 Å². The summed E-state index contributed by atoms with van der Waals surface area (Å²) >= 11 is 0. The number of ether oxygens (including phenoxy) is 1. The van der Waals surface area contributed by atoms with Gasteiger partial charge >= 0.3 is 0 Å². The van der Waals surface area contributed by atoms with E-state index < -0.39 is 42.2 Å². The van der Waals surface area contributed by atoms with Crippen LogP contribution < -0.4 is 0 Å². The molecule has 1 fully saturated rings. The van der Waals surface area contributed by atoms with Gasteiger partial charge in [-0.15, -0.1) is 0 Å². The summed E-state index contributed by atoms with van der Waals surface area (Å²) in [5.74, 6) is 0. The molecule has 1 heterocycles. The fourth-order valence-corrected chi connectivity index (χ4v) is 1.33. The number of nitro groups is 1. The van der Waals surface area contributed by atoms with Crippen LogP contribution >= 0.6 is 0 Å². The smallest absolute Gasteiger partial charge is 0.271 e. The highest BCUT2D eigenvalue weighted by Gasteiger charge is 2.50. The summed E-state index contributed by atoms with van der Waals surface area (Å²) in [7, 11) is 0. The molecular formula is C6H11NO7. The first-order valence-electron chi connectivity index (χ1n) is 3.93. The molecule has 3 unspecified atom stereocenters. The van der Waals surface area contributed by atoms with Crippen molar-refractivity contribution in [2.75, 3.05) is 6.61 Å². The quantitative estimate of drug-likeness (QED) is 0.282. The highest BCUT2D eigenvalue weighted by Crippen LogP contribution is 2.21. The molecule has 1 aliphatic rings. The van der Waals surface area contributed by atoms with Gasteiger partial charge < -0.3 is 25.2 Å². The topological polar surface area (TPSA) is 133 Å². The van der Waals surface area contributed by atoms with Crippen LogP contribution in [0, 0.1) is 10.1 Å². The summed E-state index contributed by atoms with van der Waals surface area (Å²) < 4.78 is 4.54. The molecule has 1 aliphatic heterocycles. The lowest BCUT2D eigenvalue weighted by atomic mass is 9.97. The van der Waals surface area contributed by atoms with Crippen molar-refractivity contribution in [3.05, 3.63) is 10.1 Å². The van der Waals surface area contributed by atoms with Crippen molar-refractivity contribution >= 4 is 0 Å². The van der Waals surface area contributed by atoms with E-state index in [2.05, 4.69) is 4.74 Å². The first kappa shape index (κ1) is 11.3. The van der Waals surface area contributed by atoms with Crippen molar-refractivity contribution in [1.29, 1.82) is 0 Å². The molecule has 0 aromatic carbocycles. The Morgan fingerprint density at radius 3 is 2.29 bits per heavy atom. The molecule has 0 aromatic heterocycles. The molecule has 8 nitrogen and oxygen atoms in total. The summed E-state index contributed by atoms with van der Waals surface area (Å²) in [5, 5.41) is 46.5. The van der Waals surface area contributed by atoms with Crippen molar-refractivity contribution < 1.29 is 30.1 Å². The van der Waals surface area contributed by atoms with Gasteiger partial charge in [0.05, 0.1) is 6.61 Å². The van der Waals surface area contributed by atoms with Gasteiger partial charge in [0.15, 0.2) is 18.5 Å². The summed E-state index contributed by atoms with van der Waals surface area (Å²) in [6.07, 6.45) is -6.48.